The molecule has 2 rings (SSSR count). The Hall–Kier alpha value is -1.40. The molecule has 0 bridgehead atoms. The van der Waals surface area contributed by atoms with Crippen LogP contribution in [-0.2, 0) is 10.0 Å². The van der Waals surface area contributed by atoms with Crippen LogP contribution in [0.2, 0.25) is 0 Å². The Kier molecular flexibility index (Phi) is 4.45. The fraction of sp³-hybridized carbons (Fsp3) is 0.500. The summed E-state index contributed by atoms with van der Waals surface area (Å²) < 4.78 is 22.6. The molecule has 0 saturated heterocycles. The van der Waals surface area contributed by atoms with Gasteiger partial charge in [0.2, 0.25) is 10.0 Å². The van der Waals surface area contributed by atoms with Crippen LogP contribution in [0.4, 0.5) is 0 Å². The zero-order valence-electron chi connectivity index (χ0n) is 11.5. The number of benzene rings is 1. The second-order valence-corrected chi connectivity index (χ2v) is 6.89. The Morgan fingerprint density at radius 1 is 1.45 bits per heavy atom. The standard InChI is InChI=1S/C14H20N2O3S/c1-2-12(8-10-6-7-10)16-14(17)11-4-3-5-13(9-11)20(15,18)19/h3-5,9-10,12H,2,6-8H2,1H3,(H,16,17)(H2,15,18,19). The molecule has 0 heterocycles. The van der Waals surface area contributed by atoms with Gasteiger partial charge in [0, 0.05) is 11.6 Å². The highest BCUT2D eigenvalue weighted by molar-refractivity contribution is 7.89. The first kappa shape index (κ1) is 15.0. The van der Waals surface area contributed by atoms with Gasteiger partial charge in [-0.2, -0.15) is 0 Å². The van der Waals surface area contributed by atoms with E-state index < -0.39 is 10.0 Å². The van der Waals surface area contributed by atoms with E-state index in [9.17, 15) is 13.2 Å². The molecule has 0 radical (unpaired) electrons. The van der Waals surface area contributed by atoms with Crippen LogP contribution >= 0.6 is 0 Å². The number of sulfonamides is 1. The number of carbonyl (C=O) groups excluding carboxylic acids is 1. The number of primary sulfonamides is 1. The molecule has 20 heavy (non-hydrogen) atoms. The molecule has 110 valence electrons. The maximum Gasteiger partial charge on any atom is 0.251 e. The van der Waals surface area contributed by atoms with Crippen LogP contribution in [0.15, 0.2) is 29.2 Å². The van der Waals surface area contributed by atoms with Gasteiger partial charge in [0.05, 0.1) is 4.90 Å². The van der Waals surface area contributed by atoms with Gasteiger partial charge in [-0.1, -0.05) is 25.8 Å². The zero-order chi connectivity index (χ0) is 14.8. The minimum Gasteiger partial charge on any atom is -0.349 e. The maximum absolute atomic E-state index is 12.1. The molecule has 1 fully saturated rings. The molecule has 5 nitrogen and oxygen atoms in total. The fourth-order valence-electron chi connectivity index (χ4n) is 2.17. The molecule has 3 N–H and O–H groups in total. The van der Waals surface area contributed by atoms with E-state index in [1.54, 1.807) is 6.07 Å². The van der Waals surface area contributed by atoms with E-state index in [4.69, 9.17) is 5.14 Å². The highest BCUT2D eigenvalue weighted by atomic mass is 32.2. The molecule has 1 saturated carbocycles. The van der Waals surface area contributed by atoms with E-state index in [0.717, 1.165) is 18.8 Å². The monoisotopic (exact) mass is 296 g/mol. The third-order valence-electron chi connectivity index (χ3n) is 3.57. The van der Waals surface area contributed by atoms with E-state index in [1.807, 2.05) is 6.92 Å². The van der Waals surface area contributed by atoms with Crippen LogP contribution in [0.1, 0.15) is 43.0 Å². The Labute approximate surface area is 119 Å². The van der Waals surface area contributed by atoms with Crippen molar-refractivity contribution in [2.75, 3.05) is 0 Å². The Morgan fingerprint density at radius 3 is 2.70 bits per heavy atom. The van der Waals surface area contributed by atoms with Crippen LogP contribution < -0.4 is 10.5 Å². The van der Waals surface area contributed by atoms with Crippen molar-refractivity contribution >= 4 is 15.9 Å². The van der Waals surface area contributed by atoms with Gasteiger partial charge in [-0.25, -0.2) is 13.6 Å². The summed E-state index contributed by atoms with van der Waals surface area (Å²) in [4.78, 5) is 12.1. The van der Waals surface area contributed by atoms with E-state index in [0.29, 0.717) is 5.56 Å². The molecule has 6 heteroatoms. The minimum absolute atomic E-state index is 0.0413. The van der Waals surface area contributed by atoms with Gasteiger partial charge in [0.1, 0.15) is 0 Å². The number of amides is 1. The van der Waals surface area contributed by atoms with E-state index in [2.05, 4.69) is 5.32 Å². The van der Waals surface area contributed by atoms with Crippen molar-refractivity contribution in [2.45, 2.75) is 43.5 Å². The lowest BCUT2D eigenvalue weighted by Crippen LogP contribution is -2.34. The molecule has 0 spiro atoms. The Bertz CT molecular complexity index is 594. The Balaban J connectivity index is 2.08. The largest absolute Gasteiger partial charge is 0.349 e. The summed E-state index contributed by atoms with van der Waals surface area (Å²) in [7, 11) is -3.78. The molecular formula is C14H20N2O3S. The van der Waals surface area contributed by atoms with Gasteiger partial charge in [0.15, 0.2) is 0 Å². The second kappa shape index (κ2) is 5.93. The summed E-state index contributed by atoms with van der Waals surface area (Å²) in [6.45, 7) is 2.04. The lowest BCUT2D eigenvalue weighted by atomic mass is 10.1. The van der Waals surface area contributed by atoms with Crippen molar-refractivity contribution < 1.29 is 13.2 Å². The van der Waals surface area contributed by atoms with Crippen LogP contribution in [-0.4, -0.2) is 20.4 Å². The lowest BCUT2D eigenvalue weighted by Gasteiger charge is -2.16. The molecule has 1 unspecified atom stereocenters. The van der Waals surface area contributed by atoms with Crippen LogP contribution in [0.25, 0.3) is 0 Å². The van der Waals surface area contributed by atoms with E-state index in [-0.39, 0.29) is 16.8 Å². The van der Waals surface area contributed by atoms with Crippen molar-refractivity contribution in [3.63, 3.8) is 0 Å². The van der Waals surface area contributed by atoms with E-state index in [1.165, 1.54) is 31.0 Å². The first-order valence-electron chi connectivity index (χ1n) is 6.84. The minimum atomic E-state index is -3.78. The highest BCUT2D eigenvalue weighted by Gasteiger charge is 2.25. The van der Waals surface area contributed by atoms with Gasteiger partial charge < -0.3 is 5.32 Å². The summed E-state index contributed by atoms with van der Waals surface area (Å²) in [6, 6.07) is 5.96. The van der Waals surface area contributed by atoms with Gasteiger partial charge in [-0.05, 0) is 37.0 Å². The van der Waals surface area contributed by atoms with Crippen LogP contribution in [0.5, 0.6) is 0 Å². The first-order chi connectivity index (χ1) is 9.40. The molecule has 1 aliphatic carbocycles. The van der Waals surface area contributed by atoms with Crippen molar-refractivity contribution in [3.05, 3.63) is 29.8 Å². The predicted molar refractivity (Wildman–Crippen MR) is 76.7 cm³/mol. The lowest BCUT2D eigenvalue weighted by molar-refractivity contribution is 0.0932. The molecule has 1 atom stereocenters. The molecule has 1 aromatic carbocycles. The number of nitrogens with two attached hydrogens (primary N) is 1. The second-order valence-electron chi connectivity index (χ2n) is 5.33. The molecule has 0 aliphatic heterocycles. The fourth-order valence-corrected chi connectivity index (χ4v) is 2.73. The molecule has 1 aliphatic rings. The zero-order valence-corrected chi connectivity index (χ0v) is 12.3. The number of hydrogen-bond acceptors (Lipinski definition) is 3. The first-order valence-corrected chi connectivity index (χ1v) is 8.38. The van der Waals surface area contributed by atoms with Crippen molar-refractivity contribution in [1.29, 1.82) is 0 Å². The SMILES string of the molecule is CCC(CC1CC1)NC(=O)c1cccc(S(N)(=O)=O)c1. The number of carbonyl (C=O) groups is 1. The van der Waals surface area contributed by atoms with Crippen LogP contribution in [0.3, 0.4) is 0 Å². The molecule has 1 aromatic rings. The summed E-state index contributed by atoms with van der Waals surface area (Å²) >= 11 is 0. The summed E-state index contributed by atoms with van der Waals surface area (Å²) in [5.41, 5.74) is 0.325. The molecular weight excluding hydrogens is 276 g/mol. The third kappa shape index (κ3) is 4.05. The summed E-state index contributed by atoms with van der Waals surface area (Å²) in [5, 5.41) is 8.03. The van der Waals surface area contributed by atoms with Gasteiger partial charge in [-0.15, -0.1) is 0 Å². The van der Waals surface area contributed by atoms with Crippen molar-refractivity contribution in [3.8, 4) is 0 Å². The number of hydrogen-bond donors (Lipinski definition) is 2. The highest BCUT2D eigenvalue weighted by Crippen LogP contribution is 2.34. The average molecular weight is 296 g/mol. The topological polar surface area (TPSA) is 89.3 Å². The average Bonchev–Trinajstić information content (AvgIpc) is 3.21. The van der Waals surface area contributed by atoms with Crippen molar-refractivity contribution in [1.82, 2.24) is 5.32 Å². The van der Waals surface area contributed by atoms with Gasteiger partial charge >= 0.3 is 0 Å². The van der Waals surface area contributed by atoms with Gasteiger partial charge in [0.25, 0.3) is 5.91 Å². The summed E-state index contributed by atoms with van der Waals surface area (Å²) in [5.74, 6) is 0.485. The summed E-state index contributed by atoms with van der Waals surface area (Å²) in [6.07, 6.45) is 4.36. The quantitative estimate of drug-likeness (QED) is 0.836. The molecule has 0 aromatic heterocycles. The third-order valence-corrected chi connectivity index (χ3v) is 4.48. The maximum atomic E-state index is 12.1. The van der Waals surface area contributed by atoms with E-state index >= 15 is 0 Å². The van der Waals surface area contributed by atoms with Gasteiger partial charge in [-0.3, -0.25) is 4.79 Å². The normalized spacial score (nSPS) is 16.7. The molecule has 1 amide bonds. The van der Waals surface area contributed by atoms with Crippen LogP contribution in [0, 0.1) is 5.92 Å². The Morgan fingerprint density at radius 2 is 2.15 bits per heavy atom. The smallest absolute Gasteiger partial charge is 0.251 e. The van der Waals surface area contributed by atoms with Crippen molar-refractivity contribution in [2.24, 2.45) is 11.1 Å². The number of nitrogens with one attached hydrogen (secondary N) is 1. The number of rotatable bonds is 6. The predicted octanol–water partition coefficient (Wildman–Crippen LogP) is 1.64.